The van der Waals surface area contributed by atoms with Crippen LogP contribution in [0.25, 0.3) is 0 Å². The average molecular weight is 211 g/mol. The zero-order chi connectivity index (χ0) is 8.41. The summed E-state index contributed by atoms with van der Waals surface area (Å²) >= 11 is 0. The molecule has 0 bridgehead atoms. The molecule has 0 radical (unpaired) electrons. The van der Waals surface area contributed by atoms with Crippen LogP contribution in [-0.4, -0.2) is 11.7 Å². The van der Waals surface area contributed by atoms with Crippen LogP contribution in [0.3, 0.4) is 0 Å². The molecule has 62 valence electrons. The number of hydrogen-bond acceptors (Lipinski definition) is 4. The second kappa shape index (κ2) is 7.41. The van der Waals surface area contributed by atoms with Gasteiger partial charge in [0.15, 0.2) is 0 Å². The van der Waals surface area contributed by atoms with Crippen molar-refractivity contribution in [3.63, 3.8) is 0 Å². The molecule has 0 atom stereocenters. The first-order valence-corrected chi connectivity index (χ1v) is 4.73. The van der Waals surface area contributed by atoms with Crippen LogP contribution in [0.15, 0.2) is 0 Å². The van der Waals surface area contributed by atoms with Gasteiger partial charge in [0.2, 0.25) is 0 Å². The SMILES string of the molecule is CC(C)(N)CCP(=O)([O-])[O-].[Na+].[Na+]. The first kappa shape index (κ1) is 19.6. The maximum Gasteiger partial charge on any atom is 1.00 e. The standard InChI is InChI=1S/C5H14NO3P.2Na/c1-5(2,6)3-4-10(7,8)9;;/h3-4,6H2,1-2H3,(H2,7,8,9);;/q;2*+1/p-2. The monoisotopic (exact) mass is 211 g/mol. The quantitative estimate of drug-likeness (QED) is 0.371. The van der Waals surface area contributed by atoms with Crippen LogP contribution in [0, 0.1) is 0 Å². The molecule has 0 aliphatic heterocycles. The van der Waals surface area contributed by atoms with Gasteiger partial charge in [-0.25, -0.2) is 0 Å². The fourth-order valence-corrected chi connectivity index (χ4v) is 1.28. The van der Waals surface area contributed by atoms with Crippen molar-refractivity contribution in [3.8, 4) is 0 Å². The van der Waals surface area contributed by atoms with Crippen molar-refractivity contribution in [2.45, 2.75) is 25.8 Å². The fourth-order valence-electron chi connectivity index (χ4n) is 0.425. The summed E-state index contributed by atoms with van der Waals surface area (Å²) in [5.41, 5.74) is 4.88. The Kier molecular flexibility index (Phi) is 12.1. The van der Waals surface area contributed by atoms with Gasteiger partial charge < -0.3 is 20.1 Å². The minimum absolute atomic E-state index is 0. The first-order valence-electron chi connectivity index (χ1n) is 3.01. The molecule has 0 saturated heterocycles. The van der Waals surface area contributed by atoms with Gasteiger partial charge in [-0.3, -0.25) is 0 Å². The van der Waals surface area contributed by atoms with Crippen LogP contribution in [0.4, 0.5) is 0 Å². The third-order valence-corrected chi connectivity index (χ3v) is 1.80. The Balaban J connectivity index is -0.000000405. The van der Waals surface area contributed by atoms with Crippen molar-refractivity contribution in [1.29, 1.82) is 0 Å². The molecule has 0 aliphatic rings. The Morgan fingerprint density at radius 1 is 1.33 bits per heavy atom. The van der Waals surface area contributed by atoms with Crippen molar-refractivity contribution >= 4 is 7.60 Å². The summed E-state index contributed by atoms with van der Waals surface area (Å²) in [6.45, 7) is 3.37. The van der Waals surface area contributed by atoms with Gasteiger partial charge in [-0.2, -0.15) is 0 Å². The van der Waals surface area contributed by atoms with Crippen LogP contribution in [0.5, 0.6) is 0 Å². The summed E-state index contributed by atoms with van der Waals surface area (Å²) in [6.07, 6.45) is -0.131. The van der Waals surface area contributed by atoms with Crippen molar-refractivity contribution in [2.75, 3.05) is 6.16 Å². The van der Waals surface area contributed by atoms with Crippen LogP contribution in [-0.2, 0) is 4.57 Å². The van der Waals surface area contributed by atoms with E-state index in [1.165, 1.54) is 0 Å². The van der Waals surface area contributed by atoms with E-state index in [4.69, 9.17) is 5.73 Å². The Labute approximate surface area is 117 Å². The normalized spacial score (nSPS) is 11.4. The second-order valence-corrected chi connectivity index (χ2v) is 4.74. The van der Waals surface area contributed by atoms with Gasteiger partial charge in [-0.1, -0.05) is 7.60 Å². The predicted octanol–water partition coefficient (Wildman–Crippen LogP) is -6.96. The topological polar surface area (TPSA) is 89.2 Å². The summed E-state index contributed by atoms with van der Waals surface area (Å²) in [7, 11) is -4.34. The third-order valence-electron chi connectivity index (χ3n) is 1.03. The number of nitrogens with two attached hydrogens (primary N) is 1. The Hall–Kier alpha value is 2.11. The van der Waals surface area contributed by atoms with E-state index in [1.54, 1.807) is 13.8 Å². The van der Waals surface area contributed by atoms with Crippen LogP contribution in [0.1, 0.15) is 20.3 Å². The smallest absolute Gasteiger partial charge is 0.811 e. The molecule has 0 aliphatic carbocycles. The van der Waals surface area contributed by atoms with Crippen molar-refractivity contribution in [2.24, 2.45) is 5.73 Å². The van der Waals surface area contributed by atoms with Crippen LogP contribution in [0.2, 0.25) is 0 Å². The summed E-state index contributed by atoms with van der Waals surface area (Å²) in [5.74, 6) is 0. The molecule has 0 saturated carbocycles. The molecule has 0 fully saturated rings. The van der Waals surface area contributed by atoms with Gasteiger partial charge in [0.05, 0.1) is 0 Å². The summed E-state index contributed by atoms with van der Waals surface area (Å²) < 4.78 is 10.1. The van der Waals surface area contributed by atoms with Crippen molar-refractivity contribution < 1.29 is 73.5 Å². The van der Waals surface area contributed by atoms with Gasteiger partial charge in [0.1, 0.15) is 0 Å². The summed E-state index contributed by atoms with van der Waals surface area (Å²) in [4.78, 5) is 20.2. The Bertz CT molecular complexity index is 153. The zero-order valence-electron chi connectivity index (χ0n) is 8.16. The predicted molar refractivity (Wildman–Crippen MR) is 35.4 cm³/mol. The molecule has 0 aromatic rings. The van der Waals surface area contributed by atoms with E-state index < -0.39 is 13.1 Å². The zero-order valence-corrected chi connectivity index (χ0v) is 13.1. The Morgan fingerprint density at radius 2 is 1.67 bits per heavy atom. The van der Waals surface area contributed by atoms with E-state index in [0.717, 1.165) is 0 Å². The maximum atomic E-state index is 10.1. The van der Waals surface area contributed by atoms with E-state index in [9.17, 15) is 14.4 Å². The van der Waals surface area contributed by atoms with Crippen molar-refractivity contribution in [1.82, 2.24) is 0 Å². The minimum atomic E-state index is -4.34. The molecule has 4 nitrogen and oxygen atoms in total. The van der Waals surface area contributed by atoms with Crippen LogP contribution < -0.4 is 74.6 Å². The van der Waals surface area contributed by atoms with E-state index in [0.29, 0.717) is 0 Å². The van der Waals surface area contributed by atoms with Gasteiger partial charge in [-0.15, -0.1) is 0 Å². The molecule has 0 spiro atoms. The largest absolute Gasteiger partial charge is 1.00 e. The second-order valence-electron chi connectivity index (χ2n) is 3.07. The van der Waals surface area contributed by atoms with Gasteiger partial charge in [0.25, 0.3) is 0 Å². The third kappa shape index (κ3) is 18.0. The Morgan fingerprint density at radius 3 is 1.75 bits per heavy atom. The van der Waals surface area contributed by atoms with E-state index >= 15 is 0 Å². The first-order chi connectivity index (χ1) is 4.21. The molecule has 0 amide bonds. The van der Waals surface area contributed by atoms with Gasteiger partial charge in [0, 0.05) is 5.54 Å². The molecular formula is C5H12NNa2O3P. The fraction of sp³-hybridized carbons (Fsp3) is 1.00. The molecule has 0 aromatic carbocycles. The molecule has 0 aromatic heterocycles. The number of hydrogen-bond donors (Lipinski definition) is 1. The minimum Gasteiger partial charge on any atom is -0.811 e. The summed E-state index contributed by atoms with van der Waals surface area (Å²) in [6, 6.07) is 0. The molecule has 12 heavy (non-hydrogen) atoms. The molecule has 2 N–H and O–H groups in total. The van der Waals surface area contributed by atoms with Gasteiger partial charge >= 0.3 is 59.1 Å². The molecule has 0 unspecified atom stereocenters. The average Bonchev–Trinajstić information content (AvgIpc) is 1.57. The van der Waals surface area contributed by atoms with Gasteiger partial charge in [-0.05, 0) is 26.4 Å². The van der Waals surface area contributed by atoms with Crippen LogP contribution >= 0.6 is 7.60 Å². The maximum absolute atomic E-state index is 10.1. The molecule has 0 heterocycles. The molecule has 0 rings (SSSR count). The molecule has 7 heteroatoms. The van der Waals surface area contributed by atoms with Crippen molar-refractivity contribution in [3.05, 3.63) is 0 Å². The van der Waals surface area contributed by atoms with E-state index in [1.807, 2.05) is 0 Å². The van der Waals surface area contributed by atoms with E-state index in [-0.39, 0.29) is 71.7 Å². The van der Waals surface area contributed by atoms with E-state index in [2.05, 4.69) is 0 Å². The molecular weight excluding hydrogens is 199 g/mol. The number of rotatable bonds is 3. The summed E-state index contributed by atoms with van der Waals surface area (Å²) in [5, 5.41) is 0.